The third-order valence-electron chi connectivity index (χ3n) is 4.10. The maximum Gasteiger partial charge on any atom is 0.0464 e. The molecule has 0 radical (unpaired) electrons. The molecule has 1 nitrogen and oxygen atoms in total. The Balaban J connectivity index is 1.80. The van der Waals surface area contributed by atoms with E-state index in [-0.39, 0.29) is 0 Å². The van der Waals surface area contributed by atoms with E-state index in [2.05, 4.69) is 90.3 Å². The number of anilines is 1. The number of hydrogen-bond acceptors (Lipinski definition) is 1. The summed E-state index contributed by atoms with van der Waals surface area (Å²) < 4.78 is 0. The minimum Gasteiger partial charge on any atom is -0.355 e. The van der Waals surface area contributed by atoms with Crippen LogP contribution in [0.3, 0.4) is 0 Å². The van der Waals surface area contributed by atoms with E-state index < -0.39 is 0 Å². The average Bonchev–Trinajstić information content (AvgIpc) is 2.78. The molecule has 3 aromatic carbocycles. The van der Waals surface area contributed by atoms with Crippen LogP contribution in [-0.2, 0) is 6.42 Å². The Bertz CT molecular complexity index is 882. The predicted octanol–water partition coefficient (Wildman–Crippen LogP) is 5.41. The van der Waals surface area contributed by atoms with E-state index in [1.165, 1.54) is 21.9 Å². The molecule has 0 aliphatic heterocycles. The molecule has 0 atom stereocenters. The summed E-state index contributed by atoms with van der Waals surface area (Å²) in [5, 5.41) is 6.13. The Morgan fingerprint density at radius 2 is 1.59 bits per heavy atom. The highest BCUT2D eigenvalue weighted by Gasteiger charge is 2.09. The largest absolute Gasteiger partial charge is 0.355 e. The maximum atomic E-state index is 3.63. The first-order chi connectivity index (χ1) is 10.9. The van der Waals surface area contributed by atoms with Crippen molar-refractivity contribution >= 4 is 22.2 Å². The second-order valence-corrected chi connectivity index (χ2v) is 5.52. The van der Waals surface area contributed by atoms with Gasteiger partial charge in [-0.05, 0) is 29.5 Å². The van der Waals surface area contributed by atoms with E-state index in [4.69, 9.17) is 0 Å². The number of fused-ring (bicyclic) bond motifs is 2. The summed E-state index contributed by atoms with van der Waals surface area (Å²) >= 11 is 0. The van der Waals surface area contributed by atoms with Gasteiger partial charge in [0, 0.05) is 22.3 Å². The van der Waals surface area contributed by atoms with E-state index in [0.717, 1.165) is 17.8 Å². The molecular formula is C21H17N. The zero-order valence-corrected chi connectivity index (χ0v) is 12.3. The highest BCUT2D eigenvalue weighted by atomic mass is 14.9. The highest BCUT2D eigenvalue weighted by molar-refractivity contribution is 5.97. The zero-order valence-electron chi connectivity index (χ0n) is 12.3. The molecule has 1 aliphatic carbocycles. The molecule has 4 rings (SSSR count). The Morgan fingerprint density at radius 3 is 2.59 bits per heavy atom. The first-order valence-corrected chi connectivity index (χ1v) is 7.62. The first-order valence-electron chi connectivity index (χ1n) is 7.62. The van der Waals surface area contributed by atoms with E-state index in [1.807, 2.05) is 0 Å². The minimum atomic E-state index is 0.980. The molecule has 0 spiro atoms. The number of benzene rings is 3. The van der Waals surface area contributed by atoms with Crippen molar-refractivity contribution in [1.82, 2.24) is 0 Å². The number of nitrogens with one attached hydrogen (secondary N) is 1. The van der Waals surface area contributed by atoms with Crippen molar-refractivity contribution < 1.29 is 0 Å². The van der Waals surface area contributed by atoms with Crippen molar-refractivity contribution in [2.75, 3.05) is 5.32 Å². The van der Waals surface area contributed by atoms with Crippen LogP contribution in [0.2, 0.25) is 0 Å². The Morgan fingerprint density at radius 1 is 0.773 bits per heavy atom. The number of hydrogen-bond donors (Lipinski definition) is 1. The van der Waals surface area contributed by atoms with Crippen LogP contribution in [0.1, 0.15) is 11.1 Å². The zero-order chi connectivity index (χ0) is 14.8. The van der Waals surface area contributed by atoms with Gasteiger partial charge in [-0.25, -0.2) is 0 Å². The van der Waals surface area contributed by atoms with Gasteiger partial charge in [-0.1, -0.05) is 72.8 Å². The summed E-state index contributed by atoms with van der Waals surface area (Å²) in [6.45, 7) is 0. The average molecular weight is 283 g/mol. The molecule has 1 aliphatic rings. The van der Waals surface area contributed by atoms with Gasteiger partial charge in [0.15, 0.2) is 0 Å². The molecule has 0 heterocycles. The fraction of sp³-hybridized carbons (Fsp3) is 0.0476. The molecular weight excluding hydrogens is 266 g/mol. The summed E-state index contributed by atoms with van der Waals surface area (Å²) in [4.78, 5) is 0. The quantitative estimate of drug-likeness (QED) is 0.663. The monoisotopic (exact) mass is 283 g/mol. The van der Waals surface area contributed by atoms with E-state index >= 15 is 0 Å². The van der Waals surface area contributed by atoms with Crippen LogP contribution in [0.15, 0.2) is 85.0 Å². The third-order valence-corrected chi connectivity index (χ3v) is 4.10. The van der Waals surface area contributed by atoms with E-state index in [9.17, 15) is 0 Å². The fourth-order valence-electron chi connectivity index (χ4n) is 3.00. The molecule has 1 N–H and O–H groups in total. The normalized spacial score (nSPS) is 13.4. The lowest BCUT2D eigenvalue weighted by Crippen LogP contribution is -2.01. The SMILES string of the molecule is C1=CCc2ccccc2C(Nc2cccc3ccccc23)=C1. The standard InChI is InChI=1S/C21H17N/c1-4-12-18-16(8-1)10-3-6-14-20(18)22-21-15-7-11-17-9-2-5-13-19(17)21/h1-9,11-15,22H,10H2. The van der Waals surface area contributed by atoms with E-state index in [1.54, 1.807) is 0 Å². The van der Waals surface area contributed by atoms with Gasteiger partial charge in [0.05, 0.1) is 0 Å². The van der Waals surface area contributed by atoms with Crippen molar-refractivity contribution in [3.05, 3.63) is 96.1 Å². The summed E-state index contributed by atoms with van der Waals surface area (Å²) in [6, 6.07) is 23.5. The molecule has 0 aromatic heterocycles. The Kier molecular flexibility index (Phi) is 3.24. The van der Waals surface area contributed by atoms with Crippen molar-refractivity contribution in [3.8, 4) is 0 Å². The molecule has 0 bridgehead atoms. The van der Waals surface area contributed by atoms with Gasteiger partial charge >= 0.3 is 0 Å². The van der Waals surface area contributed by atoms with Crippen molar-refractivity contribution in [2.24, 2.45) is 0 Å². The van der Waals surface area contributed by atoms with Gasteiger partial charge in [-0.2, -0.15) is 0 Å². The van der Waals surface area contributed by atoms with Crippen LogP contribution in [0.5, 0.6) is 0 Å². The summed E-state index contributed by atoms with van der Waals surface area (Å²) in [5.74, 6) is 0. The summed E-state index contributed by atoms with van der Waals surface area (Å²) in [6.07, 6.45) is 7.48. The summed E-state index contributed by atoms with van der Waals surface area (Å²) in [5.41, 5.74) is 4.94. The van der Waals surface area contributed by atoms with Crippen molar-refractivity contribution in [3.63, 3.8) is 0 Å². The first kappa shape index (κ1) is 12.9. The topological polar surface area (TPSA) is 12.0 Å². The Labute approximate surface area is 130 Å². The summed E-state index contributed by atoms with van der Waals surface area (Å²) in [7, 11) is 0. The van der Waals surface area contributed by atoms with Crippen LogP contribution in [0.25, 0.3) is 16.5 Å². The van der Waals surface area contributed by atoms with Crippen LogP contribution < -0.4 is 5.32 Å². The number of rotatable bonds is 2. The van der Waals surface area contributed by atoms with Gasteiger partial charge in [0.25, 0.3) is 0 Å². The van der Waals surface area contributed by atoms with Crippen LogP contribution >= 0.6 is 0 Å². The predicted molar refractivity (Wildman–Crippen MR) is 94.8 cm³/mol. The molecule has 1 heteroatoms. The lowest BCUT2D eigenvalue weighted by molar-refractivity contribution is 1.26. The van der Waals surface area contributed by atoms with E-state index in [0.29, 0.717) is 0 Å². The maximum absolute atomic E-state index is 3.63. The molecule has 106 valence electrons. The van der Waals surface area contributed by atoms with Crippen LogP contribution in [0.4, 0.5) is 5.69 Å². The smallest absolute Gasteiger partial charge is 0.0464 e. The van der Waals surface area contributed by atoms with Gasteiger partial charge < -0.3 is 5.32 Å². The second-order valence-electron chi connectivity index (χ2n) is 5.52. The van der Waals surface area contributed by atoms with Gasteiger partial charge in [-0.15, -0.1) is 0 Å². The Hall–Kier alpha value is -2.80. The highest BCUT2D eigenvalue weighted by Crippen LogP contribution is 2.29. The lowest BCUT2D eigenvalue weighted by Gasteiger charge is -2.15. The number of allylic oxidation sites excluding steroid dienone is 3. The fourth-order valence-corrected chi connectivity index (χ4v) is 3.00. The van der Waals surface area contributed by atoms with Crippen LogP contribution in [0, 0.1) is 0 Å². The molecule has 22 heavy (non-hydrogen) atoms. The lowest BCUT2D eigenvalue weighted by atomic mass is 10.0. The molecule has 0 unspecified atom stereocenters. The molecule has 0 amide bonds. The van der Waals surface area contributed by atoms with Crippen molar-refractivity contribution in [1.29, 1.82) is 0 Å². The molecule has 0 saturated heterocycles. The third kappa shape index (κ3) is 2.31. The molecule has 0 saturated carbocycles. The van der Waals surface area contributed by atoms with Gasteiger partial charge in [-0.3, -0.25) is 0 Å². The second kappa shape index (κ2) is 5.53. The van der Waals surface area contributed by atoms with Gasteiger partial charge in [0.1, 0.15) is 0 Å². The minimum absolute atomic E-state index is 0.980. The van der Waals surface area contributed by atoms with Crippen molar-refractivity contribution in [2.45, 2.75) is 6.42 Å². The molecule has 0 fully saturated rings. The molecule has 3 aromatic rings. The van der Waals surface area contributed by atoms with Crippen LogP contribution in [-0.4, -0.2) is 0 Å². The van der Waals surface area contributed by atoms with Gasteiger partial charge in [0.2, 0.25) is 0 Å².